The predicted molar refractivity (Wildman–Crippen MR) is 49.2 cm³/mol. The number of phenols is 1. The average Bonchev–Trinajstić information content (AvgIpc) is 2.08. The maximum Gasteiger partial charge on any atom is 0.339 e. The van der Waals surface area contributed by atoms with Gasteiger partial charge in [0.05, 0.1) is 5.69 Å². The molecule has 0 aliphatic heterocycles. The van der Waals surface area contributed by atoms with Crippen molar-refractivity contribution >= 4 is 11.7 Å². The normalized spacial score (nSPS) is 9.62. The molecular weight excluding hydrogens is 170 g/mol. The SMILES string of the molecule is CCNc1cccc(C(=O)O)c1O. The predicted octanol–water partition coefficient (Wildman–Crippen LogP) is 1.52. The summed E-state index contributed by atoms with van der Waals surface area (Å²) in [6.45, 7) is 2.50. The van der Waals surface area contributed by atoms with Crippen LogP contribution in [0, 0.1) is 0 Å². The van der Waals surface area contributed by atoms with Gasteiger partial charge in [0.1, 0.15) is 5.56 Å². The van der Waals surface area contributed by atoms with E-state index in [0.29, 0.717) is 12.2 Å². The van der Waals surface area contributed by atoms with Crippen molar-refractivity contribution in [2.45, 2.75) is 6.92 Å². The second-order valence-electron chi connectivity index (χ2n) is 2.54. The Morgan fingerprint density at radius 2 is 2.23 bits per heavy atom. The lowest BCUT2D eigenvalue weighted by Gasteiger charge is -2.07. The largest absolute Gasteiger partial charge is 0.505 e. The topological polar surface area (TPSA) is 69.6 Å². The van der Waals surface area contributed by atoms with Crippen LogP contribution in [0.2, 0.25) is 0 Å². The molecule has 1 rings (SSSR count). The summed E-state index contributed by atoms with van der Waals surface area (Å²) in [7, 11) is 0. The molecule has 4 nitrogen and oxygen atoms in total. The van der Waals surface area contributed by atoms with Crippen LogP contribution < -0.4 is 5.32 Å². The summed E-state index contributed by atoms with van der Waals surface area (Å²) < 4.78 is 0. The minimum absolute atomic E-state index is 0.0848. The van der Waals surface area contributed by atoms with Crippen molar-refractivity contribution in [3.63, 3.8) is 0 Å². The number of carbonyl (C=O) groups is 1. The summed E-state index contributed by atoms with van der Waals surface area (Å²) in [4.78, 5) is 10.6. The molecule has 0 unspecified atom stereocenters. The van der Waals surface area contributed by atoms with Crippen molar-refractivity contribution in [1.29, 1.82) is 0 Å². The van der Waals surface area contributed by atoms with Gasteiger partial charge >= 0.3 is 5.97 Å². The fourth-order valence-corrected chi connectivity index (χ4v) is 1.05. The molecule has 1 aromatic rings. The fraction of sp³-hybridized carbons (Fsp3) is 0.222. The number of carboxylic acid groups (broad SMARTS) is 1. The van der Waals surface area contributed by atoms with Crippen molar-refractivity contribution in [2.24, 2.45) is 0 Å². The van der Waals surface area contributed by atoms with Gasteiger partial charge in [-0.2, -0.15) is 0 Å². The number of hydrogen-bond acceptors (Lipinski definition) is 3. The summed E-state index contributed by atoms with van der Waals surface area (Å²) in [5, 5.41) is 21.0. The van der Waals surface area contributed by atoms with Gasteiger partial charge in [0.15, 0.2) is 5.75 Å². The van der Waals surface area contributed by atoms with E-state index in [9.17, 15) is 9.90 Å². The fourth-order valence-electron chi connectivity index (χ4n) is 1.05. The highest BCUT2D eigenvalue weighted by Gasteiger charge is 2.11. The van der Waals surface area contributed by atoms with Crippen LogP contribution in [0.4, 0.5) is 5.69 Å². The maximum atomic E-state index is 10.6. The Labute approximate surface area is 75.8 Å². The molecule has 0 heterocycles. The highest BCUT2D eigenvalue weighted by atomic mass is 16.4. The molecule has 0 amide bonds. The van der Waals surface area contributed by atoms with Crippen LogP contribution in [-0.4, -0.2) is 22.7 Å². The van der Waals surface area contributed by atoms with E-state index in [1.165, 1.54) is 6.07 Å². The van der Waals surface area contributed by atoms with Crippen LogP contribution in [0.15, 0.2) is 18.2 Å². The van der Waals surface area contributed by atoms with E-state index < -0.39 is 5.97 Å². The number of carboxylic acids is 1. The third-order valence-corrected chi connectivity index (χ3v) is 1.63. The zero-order chi connectivity index (χ0) is 9.84. The van der Waals surface area contributed by atoms with Crippen LogP contribution in [0.5, 0.6) is 5.75 Å². The summed E-state index contributed by atoms with van der Waals surface area (Å²) in [5.41, 5.74) is 0.362. The van der Waals surface area contributed by atoms with Crippen LogP contribution in [0.3, 0.4) is 0 Å². The molecule has 13 heavy (non-hydrogen) atoms. The quantitative estimate of drug-likeness (QED) is 0.618. The van der Waals surface area contributed by atoms with E-state index in [1.807, 2.05) is 6.92 Å². The number of rotatable bonds is 3. The zero-order valence-electron chi connectivity index (χ0n) is 7.24. The van der Waals surface area contributed by atoms with Gasteiger partial charge < -0.3 is 15.5 Å². The Hall–Kier alpha value is -1.71. The first-order valence-corrected chi connectivity index (χ1v) is 3.96. The Balaban J connectivity index is 3.10. The van der Waals surface area contributed by atoms with E-state index in [4.69, 9.17) is 5.11 Å². The van der Waals surface area contributed by atoms with Gasteiger partial charge in [-0.3, -0.25) is 0 Å². The van der Waals surface area contributed by atoms with Gasteiger partial charge in [0.25, 0.3) is 0 Å². The molecule has 0 aliphatic rings. The van der Waals surface area contributed by atoms with Crippen molar-refractivity contribution < 1.29 is 15.0 Å². The summed E-state index contributed by atoms with van der Waals surface area (Å²) >= 11 is 0. The molecule has 3 N–H and O–H groups in total. The lowest BCUT2D eigenvalue weighted by molar-refractivity contribution is 0.0694. The van der Waals surface area contributed by atoms with Gasteiger partial charge in [-0.05, 0) is 19.1 Å². The second kappa shape index (κ2) is 3.80. The molecule has 4 heteroatoms. The molecule has 70 valence electrons. The molecule has 0 bridgehead atoms. The molecule has 0 radical (unpaired) electrons. The van der Waals surface area contributed by atoms with Crippen molar-refractivity contribution in [3.8, 4) is 5.75 Å². The maximum absolute atomic E-state index is 10.6. The number of para-hydroxylation sites is 1. The number of anilines is 1. The molecule has 0 fully saturated rings. The molecule has 0 saturated carbocycles. The molecule has 0 aromatic heterocycles. The second-order valence-corrected chi connectivity index (χ2v) is 2.54. The summed E-state index contributed by atoms with van der Waals surface area (Å²) in [5.74, 6) is -1.34. The molecule has 0 aliphatic carbocycles. The molecular formula is C9H11NO3. The summed E-state index contributed by atoms with van der Waals surface area (Å²) in [6, 6.07) is 4.57. The minimum atomic E-state index is -1.13. The summed E-state index contributed by atoms with van der Waals surface area (Å²) in [6.07, 6.45) is 0. The van der Waals surface area contributed by atoms with Gasteiger partial charge in [-0.15, -0.1) is 0 Å². The van der Waals surface area contributed by atoms with Gasteiger partial charge in [0, 0.05) is 6.54 Å². The van der Waals surface area contributed by atoms with Crippen molar-refractivity contribution in [3.05, 3.63) is 23.8 Å². The van der Waals surface area contributed by atoms with Crippen LogP contribution in [0.25, 0.3) is 0 Å². The smallest absolute Gasteiger partial charge is 0.339 e. The lowest BCUT2D eigenvalue weighted by Crippen LogP contribution is -2.01. The third kappa shape index (κ3) is 1.90. The molecule has 0 saturated heterocycles. The van der Waals surface area contributed by atoms with Gasteiger partial charge in [-0.25, -0.2) is 4.79 Å². The van der Waals surface area contributed by atoms with E-state index in [-0.39, 0.29) is 11.3 Å². The molecule has 0 atom stereocenters. The first kappa shape index (κ1) is 9.38. The standard InChI is InChI=1S/C9H11NO3/c1-2-10-7-5-3-4-6(8(7)11)9(12)13/h3-5,10-11H,2H2,1H3,(H,12,13). The van der Waals surface area contributed by atoms with Gasteiger partial charge in [0.2, 0.25) is 0 Å². The van der Waals surface area contributed by atoms with E-state index in [2.05, 4.69) is 5.32 Å². The van der Waals surface area contributed by atoms with Gasteiger partial charge in [-0.1, -0.05) is 6.07 Å². The first-order chi connectivity index (χ1) is 6.16. The number of benzene rings is 1. The Morgan fingerprint density at radius 3 is 2.77 bits per heavy atom. The molecule has 0 spiro atoms. The zero-order valence-corrected chi connectivity index (χ0v) is 7.24. The number of nitrogens with one attached hydrogen (secondary N) is 1. The Kier molecular flexibility index (Phi) is 2.74. The Bertz CT molecular complexity index is 323. The van der Waals surface area contributed by atoms with Crippen molar-refractivity contribution in [1.82, 2.24) is 0 Å². The van der Waals surface area contributed by atoms with Crippen LogP contribution in [-0.2, 0) is 0 Å². The highest BCUT2D eigenvalue weighted by molar-refractivity contribution is 5.93. The number of hydrogen-bond donors (Lipinski definition) is 3. The Morgan fingerprint density at radius 1 is 1.54 bits per heavy atom. The monoisotopic (exact) mass is 181 g/mol. The van der Waals surface area contributed by atoms with E-state index >= 15 is 0 Å². The van der Waals surface area contributed by atoms with Crippen LogP contribution in [0.1, 0.15) is 17.3 Å². The van der Waals surface area contributed by atoms with E-state index in [1.54, 1.807) is 12.1 Å². The van der Waals surface area contributed by atoms with Crippen molar-refractivity contribution in [2.75, 3.05) is 11.9 Å². The van der Waals surface area contributed by atoms with E-state index in [0.717, 1.165) is 0 Å². The molecule has 1 aromatic carbocycles. The lowest BCUT2D eigenvalue weighted by atomic mass is 10.1. The highest BCUT2D eigenvalue weighted by Crippen LogP contribution is 2.26. The number of aromatic hydroxyl groups is 1. The number of aromatic carboxylic acids is 1. The third-order valence-electron chi connectivity index (χ3n) is 1.63. The van der Waals surface area contributed by atoms with Crippen LogP contribution >= 0.6 is 0 Å². The first-order valence-electron chi connectivity index (χ1n) is 3.96. The average molecular weight is 181 g/mol. The minimum Gasteiger partial charge on any atom is -0.505 e.